The van der Waals surface area contributed by atoms with Gasteiger partial charge in [-0.1, -0.05) is 150 Å². The Morgan fingerprint density at radius 3 is 0.779 bits per heavy atom. The summed E-state index contributed by atoms with van der Waals surface area (Å²) < 4.78 is 42.3. The number of nitrogens with one attached hydrogen (secondary N) is 1. The molecule has 16 aromatic rings. The molecular formula is C121H135FN6O21. The normalized spacial score (nSPS) is 12.1. The van der Waals surface area contributed by atoms with Gasteiger partial charge in [0.15, 0.2) is 0 Å². The third-order valence-corrected chi connectivity index (χ3v) is 26.2. The number of aliphatic hydroxyl groups excluding tert-OH is 5. The first-order valence-corrected chi connectivity index (χ1v) is 50.8. The van der Waals surface area contributed by atoms with E-state index < -0.39 is 55.0 Å². The minimum atomic E-state index is -0.972. The van der Waals surface area contributed by atoms with Crippen LogP contribution in [0.15, 0.2) is 267 Å². The summed E-state index contributed by atoms with van der Waals surface area (Å²) in [4.78, 5) is 49.0. The van der Waals surface area contributed by atoms with Crippen LogP contribution in [0, 0.1) is 0 Å². The summed E-state index contributed by atoms with van der Waals surface area (Å²) in [5.41, 5.74) is 22.8. The van der Waals surface area contributed by atoms with Crippen molar-refractivity contribution in [2.75, 3.05) is 33.5 Å². The van der Waals surface area contributed by atoms with Crippen molar-refractivity contribution >= 4 is 67.5 Å². The summed E-state index contributed by atoms with van der Waals surface area (Å²) in [6.07, 6.45) is 15.9. The molecule has 0 saturated carbocycles. The SMILES string of the molecule is CCCCc1cc(O)c(Cn2cc(C[C@H](O)COC(=O)c3ccccc3)c3cc(CF)ccc32)c(O)c1.CCCCc1cc(O)c(Cn2cc(C[C@H](O)COC(=O)c3ccccc3)c3cc(CN)ccc32)c(O)c1.CCCCc1cc(O)c(Cn2cc(C[C@H](O)COC(=O)c3ccccc3)c3cc(CNC)ccc32)c(O)c1.CCCCc1cc(O)c(Cn2cc(C[C@H](O)COC(=O)c3ccccc3)c3cc(CO)ccc32)c(O)c1. The molecule has 0 aliphatic rings. The number of phenols is 8. The first kappa shape index (κ1) is 111. The Morgan fingerprint density at radius 2 is 0.544 bits per heavy atom. The Balaban J connectivity index is 0.000000166. The van der Waals surface area contributed by atoms with E-state index in [1.807, 2.05) is 117 Å². The van der Waals surface area contributed by atoms with Crippen LogP contribution in [0.4, 0.5) is 4.39 Å². The number of nitrogens with two attached hydrogens (primary N) is 1. The average molecular weight is 2030 g/mol. The Bertz CT molecular complexity index is 6570. The third-order valence-electron chi connectivity index (χ3n) is 26.2. The van der Waals surface area contributed by atoms with Crippen molar-refractivity contribution in [2.45, 2.75) is 207 Å². The lowest BCUT2D eigenvalue weighted by Crippen LogP contribution is -2.21. The smallest absolute Gasteiger partial charge is 0.338 e. The summed E-state index contributed by atoms with van der Waals surface area (Å²) in [6.45, 7) is 9.01. The number of hydrogen-bond acceptors (Lipinski definition) is 23. The fraction of sp³-hybridized carbons (Fsp3) is 0.306. The number of aliphatic hydroxyl groups is 5. The average Bonchev–Trinajstić information content (AvgIpc) is 1.64. The molecule has 12 aromatic carbocycles. The summed E-state index contributed by atoms with van der Waals surface area (Å²) in [5.74, 6) is -1.62. The van der Waals surface area contributed by atoms with E-state index in [4.69, 9.17) is 24.7 Å². The number of fused-ring (bicyclic) bond motifs is 4. The molecule has 782 valence electrons. The lowest BCUT2D eigenvalue weighted by atomic mass is 10.0. The molecule has 4 heterocycles. The summed E-state index contributed by atoms with van der Waals surface area (Å²) >= 11 is 0. The van der Waals surface area contributed by atoms with Gasteiger partial charge in [0.1, 0.15) is 79.1 Å². The number of carbonyl (C=O) groups is 4. The first-order chi connectivity index (χ1) is 72.1. The van der Waals surface area contributed by atoms with Crippen LogP contribution in [0.2, 0.25) is 0 Å². The van der Waals surface area contributed by atoms with Gasteiger partial charge in [-0.2, -0.15) is 0 Å². The molecule has 0 radical (unpaired) electrons. The van der Waals surface area contributed by atoms with Crippen LogP contribution in [0.25, 0.3) is 43.6 Å². The van der Waals surface area contributed by atoms with Gasteiger partial charge in [0.2, 0.25) is 0 Å². The second-order valence-corrected chi connectivity index (χ2v) is 37.7. The number of phenolic OH excluding ortho intramolecular Hbond substituents is 8. The molecular weight excluding hydrogens is 1890 g/mol. The maximum atomic E-state index is 13.4. The van der Waals surface area contributed by atoms with Crippen molar-refractivity contribution in [1.29, 1.82) is 0 Å². The van der Waals surface area contributed by atoms with Crippen LogP contribution in [-0.4, -0.2) is 166 Å². The fourth-order valence-electron chi connectivity index (χ4n) is 18.3. The number of aromatic hydroxyl groups is 8. The molecule has 16 rings (SSSR count). The fourth-order valence-corrected chi connectivity index (χ4v) is 18.3. The molecule has 0 bridgehead atoms. The van der Waals surface area contributed by atoms with E-state index in [9.17, 15) is 90.0 Å². The standard InChI is InChI=1S/C31H36N2O5.C30H32FNO5.C30H34N2O5.C30H33NO6/c1-3-4-8-21-14-29(35)27(30(36)15-21)19-33-18-24(26-13-22(17-32-2)11-12-28(26)33)16-25(34)20-38-31(37)23-9-6-5-7-10-23;2*1-2-3-7-20-13-28(34)26(29(35)14-20)18-32-17-23(25-12-21(16-31)10-11-27(25)32)15-24(33)19-37-30(36)22-8-5-4-6-9-22;1-2-3-7-20-13-28(34)26(29(35)14-20)17-31-16-23(25-12-21(18-32)10-11-27(25)31)15-24(33)19-37-30(36)22-8-5-4-6-9-22/h5-7,9-15,18,25,32,34-36H,3-4,8,16-17,19-20H2,1-2H3;4-6,8-14,17,24,33-35H,2-3,7,15-16,18-19H2,1H3;4-6,8-14,17,24,33-35H,2-3,7,15-16,18-19,31H2,1H3;4-6,8-14,16,24,32-35H,2-3,7,15,17-19H2,1H3/t25-;3*24-/m0000/s1. The summed E-state index contributed by atoms with van der Waals surface area (Å²) in [5, 5.41) is 144. The quantitative estimate of drug-likeness (QED) is 0.0124. The molecule has 0 amide bonds. The lowest BCUT2D eigenvalue weighted by Gasteiger charge is -2.12. The number of unbranched alkanes of at least 4 members (excludes halogenated alkanes) is 4. The van der Waals surface area contributed by atoms with Gasteiger partial charge in [0.25, 0.3) is 0 Å². The zero-order valence-electron chi connectivity index (χ0n) is 84.8. The maximum absolute atomic E-state index is 13.4. The molecule has 28 heteroatoms. The number of halogens is 1. The van der Waals surface area contributed by atoms with Crippen LogP contribution in [0.1, 0.15) is 210 Å². The Kier molecular flexibility index (Phi) is 40.5. The molecule has 0 unspecified atom stereocenters. The number of aryl methyl sites for hydroxylation is 4. The van der Waals surface area contributed by atoms with Gasteiger partial charge < -0.3 is 115 Å². The van der Waals surface area contributed by atoms with E-state index in [2.05, 4.69) is 39.1 Å². The van der Waals surface area contributed by atoms with Crippen molar-refractivity contribution in [1.82, 2.24) is 23.6 Å². The van der Waals surface area contributed by atoms with E-state index in [1.165, 1.54) is 0 Å². The minimum absolute atomic E-state index is 0.0164. The van der Waals surface area contributed by atoms with Crippen molar-refractivity contribution in [3.63, 3.8) is 0 Å². The number of alkyl halides is 1. The predicted octanol–water partition coefficient (Wildman–Crippen LogP) is 20.0. The molecule has 0 saturated heterocycles. The van der Waals surface area contributed by atoms with Gasteiger partial charge in [0, 0.05) is 107 Å². The van der Waals surface area contributed by atoms with Crippen molar-refractivity contribution in [2.24, 2.45) is 5.73 Å². The number of esters is 4. The summed E-state index contributed by atoms with van der Waals surface area (Å²) in [7, 11) is 1.89. The highest BCUT2D eigenvalue weighted by atomic mass is 19.1. The van der Waals surface area contributed by atoms with Crippen LogP contribution >= 0.6 is 0 Å². The predicted molar refractivity (Wildman–Crippen MR) is 575 cm³/mol. The van der Waals surface area contributed by atoms with Gasteiger partial charge in [-0.3, -0.25) is 0 Å². The van der Waals surface area contributed by atoms with Crippen LogP contribution < -0.4 is 11.1 Å². The first-order valence-electron chi connectivity index (χ1n) is 50.8. The lowest BCUT2D eigenvalue weighted by molar-refractivity contribution is 0.0256. The maximum Gasteiger partial charge on any atom is 0.338 e. The molecule has 0 spiro atoms. The number of carbonyl (C=O) groups excluding carboxylic acids is 4. The molecule has 0 aliphatic heterocycles. The van der Waals surface area contributed by atoms with E-state index in [0.29, 0.717) is 63.2 Å². The second-order valence-electron chi connectivity index (χ2n) is 37.7. The van der Waals surface area contributed by atoms with Crippen LogP contribution in [0.3, 0.4) is 0 Å². The monoisotopic (exact) mass is 2030 g/mol. The molecule has 4 atom stereocenters. The van der Waals surface area contributed by atoms with E-state index in [0.717, 1.165) is 182 Å². The third kappa shape index (κ3) is 30.3. The molecule has 16 N–H and O–H groups in total. The van der Waals surface area contributed by atoms with Gasteiger partial charge >= 0.3 is 23.9 Å². The van der Waals surface area contributed by atoms with Gasteiger partial charge in [-0.25, -0.2) is 23.6 Å². The summed E-state index contributed by atoms with van der Waals surface area (Å²) in [6, 6.07) is 70.9. The number of benzene rings is 12. The van der Waals surface area contributed by atoms with Crippen molar-refractivity contribution in [3.05, 3.63) is 379 Å². The zero-order chi connectivity index (χ0) is 106. The van der Waals surface area contributed by atoms with E-state index >= 15 is 0 Å². The highest BCUT2D eigenvalue weighted by Gasteiger charge is 2.26. The largest absolute Gasteiger partial charge is 0.507 e. The van der Waals surface area contributed by atoms with Crippen LogP contribution in [0.5, 0.6) is 46.0 Å². The molecule has 27 nitrogen and oxygen atoms in total. The van der Waals surface area contributed by atoms with E-state index in [1.54, 1.807) is 170 Å². The number of rotatable bonds is 45. The topological polar surface area (TPSA) is 426 Å². The zero-order valence-corrected chi connectivity index (χ0v) is 84.8. The van der Waals surface area contributed by atoms with Gasteiger partial charge in [0.05, 0.1) is 102 Å². The Morgan fingerprint density at radius 1 is 0.315 bits per heavy atom. The highest BCUT2D eigenvalue weighted by Crippen LogP contribution is 2.40. The van der Waals surface area contributed by atoms with Crippen LogP contribution in [-0.2, 0) is 123 Å². The molecule has 4 aromatic heterocycles. The number of hydrogen-bond donors (Lipinski definition) is 15. The van der Waals surface area contributed by atoms with Gasteiger partial charge in [-0.05, 0) is 271 Å². The number of ether oxygens (including phenoxy) is 4. The molecule has 0 fully saturated rings. The number of aromatic nitrogens is 4. The van der Waals surface area contributed by atoms with E-state index in [-0.39, 0.29) is 131 Å². The highest BCUT2D eigenvalue weighted by molar-refractivity contribution is 5.93. The second kappa shape index (κ2) is 54.4. The van der Waals surface area contributed by atoms with Crippen molar-refractivity contribution in [3.8, 4) is 46.0 Å². The number of nitrogens with zero attached hydrogens (tertiary/aromatic N) is 4. The van der Waals surface area contributed by atoms with Gasteiger partial charge in [-0.15, -0.1) is 0 Å². The Hall–Kier alpha value is -15.3. The Labute approximate surface area is 866 Å². The molecule has 149 heavy (non-hydrogen) atoms. The minimum Gasteiger partial charge on any atom is -0.507 e. The van der Waals surface area contributed by atoms with Crippen molar-refractivity contribution < 1.29 is 109 Å². The molecule has 0 aliphatic carbocycles.